The average Bonchev–Trinajstić information content (AvgIpc) is 2.39. The van der Waals surface area contributed by atoms with Gasteiger partial charge in [-0.25, -0.2) is 4.79 Å². The molecule has 0 aliphatic carbocycles. The Kier molecular flexibility index (Phi) is 3.42. The van der Waals surface area contributed by atoms with Gasteiger partial charge in [-0.15, -0.1) is 0 Å². The number of nitro benzene ring substituents is 1. The molecular formula is C11H12N2O5. The molecule has 1 aromatic carbocycles. The van der Waals surface area contributed by atoms with Gasteiger partial charge in [0.1, 0.15) is 5.69 Å². The van der Waals surface area contributed by atoms with Gasteiger partial charge in [0, 0.05) is 19.2 Å². The number of hydrogen-bond donors (Lipinski definition) is 1. The maximum atomic E-state index is 11.0. The van der Waals surface area contributed by atoms with Crippen LogP contribution >= 0.6 is 0 Å². The van der Waals surface area contributed by atoms with Crippen LogP contribution in [0.5, 0.6) is 0 Å². The molecule has 0 atom stereocenters. The normalized spacial score (nSPS) is 15.4. The molecule has 0 amide bonds. The highest BCUT2D eigenvalue weighted by atomic mass is 16.6. The third-order valence-corrected chi connectivity index (χ3v) is 2.77. The summed E-state index contributed by atoms with van der Waals surface area (Å²) in [4.78, 5) is 23.1. The van der Waals surface area contributed by atoms with Gasteiger partial charge in [-0.2, -0.15) is 0 Å². The van der Waals surface area contributed by atoms with Crippen molar-refractivity contribution in [3.63, 3.8) is 0 Å². The van der Waals surface area contributed by atoms with E-state index in [2.05, 4.69) is 0 Å². The van der Waals surface area contributed by atoms with E-state index in [1.807, 2.05) is 4.90 Å². The van der Waals surface area contributed by atoms with Gasteiger partial charge >= 0.3 is 5.97 Å². The lowest BCUT2D eigenvalue weighted by atomic mass is 10.1. The minimum Gasteiger partial charge on any atom is -0.478 e. The Morgan fingerprint density at radius 3 is 2.61 bits per heavy atom. The Morgan fingerprint density at radius 1 is 1.39 bits per heavy atom. The molecule has 1 N–H and O–H groups in total. The Morgan fingerprint density at radius 2 is 2.06 bits per heavy atom. The molecule has 0 saturated carbocycles. The largest absolute Gasteiger partial charge is 0.478 e. The summed E-state index contributed by atoms with van der Waals surface area (Å²) in [5, 5.41) is 19.8. The molecule has 0 aromatic heterocycles. The fraction of sp³-hybridized carbons (Fsp3) is 0.364. The van der Waals surface area contributed by atoms with Crippen molar-refractivity contribution in [3.8, 4) is 0 Å². The molecule has 2 rings (SSSR count). The van der Waals surface area contributed by atoms with Crippen LogP contribution in [0.15, 0.2) is 18.2 Å². The monoisotopic (exact) mass is 252 g/mol. The van der Waals surface area contributed by atoms with Crippen LogP contribution in [-0.2, 0) is 4.74 Å². The molecule has 1 fully saturated rings. The Balaban J connectivity index is 2.39. The maximum Gasteiger partial charge on any atom is 0.335 e. The standard InChI is InChI=1S/C11H12N2O5/c14-11(15)8-1-2-9(10(7-8)13(16)17)12-3-5-18-6-4-12/h1-2,7H,3-6H2,(H,14,15). The molecule has 1 aromatic rings. The van der Waals surface area contributed by atoms with Crippen molar-refractivity contribution in [1.29, 1.82) is 0 Å². The molecular weight excluding hydrogens is 240 g/mol. The van der Waals surface area contributed by atoms with Crippen LogP contribution < -0.4 is 4.90 Å². The molecule has 1 saturated heterocycles. The first-order valence-electron chi connectivity index (χ1n) is 5.44. The van der Waals surface area contributed by atoms with Gasteiger partial charge in [0.2, 0.25) is 0 Å². The molecule has 0 bridgehead atoms. The van der Waals surface area contributed by atoms with E-state index in [0.29, 0.717) is 32.0 Å². The Bertz CT molecular complexity index is 482. The van der Waals surface area contributed by atoms with Gasteiger partial charge in [0.05, 0.1) is 23.7 Å². The number of nitro groups is 1. The number of carboxylic acid groups (broad SMARTS) is 1. The van der Waals surface area contributed by atoms with E-state index in [1.54, 1.807) is 0 Å². The quantitative estimate of drug-likeness (QED) is 0.640. The van der Waals surface area contributed by atoms with Crippen molar-refractivity contribution in [2.45, 2.75) is 0 Å². The summed E-state index contributed by atoms with van der Waals surface area (Å²) in [7, 11) is 0. The number of hydrogen-bond acceptors (Lipinski definition) is 5. The van der Waals surface area contributed by atoms with Crippen molar-refractivity contribution in [1.82, 2.24) is 0 Å². The predicted octanol–water partition coefficient (Wildman–Crippen LogP) is 1.13. The number of ether oxygens (including phenoxy) is 1. The Labute approximate surface area is 103 Å². The zero-order chi connectivity index (χ0) is 13.1. The zero-order valence-electron chi connectivity index (χ0n) is 9.54. The van der Waals surface area contributed by atoms with Crippen LogP contribution in [0.25, 0.3) is 0 Å². The van der Waals surface area contributed by atoms with Crippen LogP contribution in [-0.4, -0.2) is 42.3 Å². The van der Waals surface area contributed by atoms with E-state index in [0.717, 1.165) is 6.07 Å². The van der Waals surface area contributed by atoms with E-state index in [4.69, 9.17) is 9.84 Å². The zero-order valence-corrected chi connectivity index (χ0v) is 9.54. The molecule has 7 nitrogen and oxygen atoms in total. The highest BCUT2D eigenvalue weighted by Crippen LogP contribution is 2.29. The summed E-state index contributed by atoms with van der Waals surface area (Å²) in [6, 6.07) is 3.94. The third kappa shape index (κ3) is 2.40. The number of anilines is 1. The van der Waals surface area contributed by atoms with Crippen LogP contribution in [0, 0.1) is 10.1 Å². The minimum atomic E-state index is -1.17. The van der Waals surface area contributed by atoms with Gasteiger partial charge in [-0.3, -0.25) is 10.1 Å². The fourth-order valence-corrected chi connectivity index (χ4v) is 1.87. The van der Waals surface area contributed by atoms with E-state index in [-0.39, 0.29) is 11.3 Å². The van der Waals surface area contributed by atoms with Gasteiger partial charge in [0.25, 0.3) is 5.69 Å². The summed E-state index contributed by atoms with van der Waals surface area (Å²) < 4.78 is 5.18. The first kappa shape index (κ1) is 12.3. The summed E-state index contributed by atoms with van der Waals surface area (Å²) in [6.07, 6.45) is 0. The summed E-state index contributed by atoms with van der Waals surface area (Å²) in [6.45, 7) is 2.15. The lowest BCUT2D eigenvalue weighted by molar-refractivity contribution is -0.384. The van der Waals surface area contributed by atoms with Gasteiger partial charge < -0.3 is 14.7 Å². The smallest absolute Gasteiger partial charge is 0.335 e. The fourth-order valence-electron chi connectivity index (χ4n) is 1.87. The highest BCUT2D eigenvalue weighted by Gasteiger charge is 2.22. The third-order valence-electron chi connectivity index (χ3n) is 2.77. The van der Waals surface area contributed by atoms with E-state index in [9.17, 15) is 14.9 Å². The summed E-state index contributed by atoms with van der Waals surface area (Å²) in [5.74, 6) is -1.17. The first-order valence-corrected chi connectivity index (χ1v) is 5.44. The topological polar surface area (TPSA) is 92.9 Å². The predicted molar refractivity (Wildman–Crippen MR) is 63.1 cm³/mol. The van der Waals surface area contributed by atoms with Crippen molar-refractivity contribution in [3.05, 3.63) is 33.9 Å². The van der Waals surface area contributed by atoms with Gasteiger partial charge in [-0.05, 0) is 12.1 Å². The second kappa shape index (κ2) is 5.01. The molecule has 0 unspecified atom stereocenters. The second-order valence-electron chi connectivity index (χ2n) is 3.87. The first-order chi connectivity index (χ1) is 8.59. The summed E-state index contributed by atoms with van der Waals surface area (Å²) in [5.41, 5.74) is 0.170. The molecule has 1 aliphatic rings. The number of aromatic carboxylic acids is 1. The van der Waals surface area contributed by atoms with Crippen molar-refractivity contribution >= 4 is 17.3 Å². The van der Waals surface area contributed by atoms with Crippen LogP contribution in [0.2, 0.25) is 0 Å². The van der Waals surface area contributed by atoms with E-state index >= 15 is 0 Å². The second-order valence-corrected chi connectivity index (χ2v) is 3.87. The molecule has 7 heteroatoms. The molecule has 96 valence electrons. The molecule has 1 heterocycles. The van der Waals surface area contributed by atoms with Gasteiger partial charge in [-0.1, -0.05) is 0 Å². The SMILES string of the molecule is O=C(O)c1ccc(N2CCOCC2)c([N+](=O)[O-])c1. The number of rotatable bonds is 3. The number of morpholine rings is 1. The number of benzene rings is 1. The molecule has 0 radical (unpaired) electrons. The van der Waals surface area contributed by atoms with Crippen molar-refractivity contribution in [2.75, 3.05) is 31.2 Å². The molecule has 18 heavy (non-hydrogen) atoms. The van der Waals surface area contributed by atoms with Gasteiger partial charge in [0.15, 0.2) is 0 Å². The molecule has 1 aliphatic heterocycles. The highest BCUT2D eigenvalue weighted by molar-refractivity contribution is 5.89. The van der Waals surface area contributed by atoms with E-state index in [1.165, 1.54) is 12.1 Å². The van der Waals surface area contributed by atoms with Crippen molar-refractivity contribution < 1.29 is 19.6 Å². The van der Waals surface area contributed by atoms with Crippen LogP contribution in [0.3, 0.4) is 0 Å². The maximum absolute atomic E-state index is 11.0. The minimum absolute atomic E-state index is 0.0845. The van der Waals surface area contributed by atoms with Crippen molar-refractivity contribution in [2.24, 2.45) is 0 Å². The summed E-state index contributed by atoms with van der Waals surface area (Å²) >= 11 is 0. The van der Waals surface area contributed by atoms with E-state index < -0.39 is 10.9 Å². The van der Waals surface area contributed by atoms with Crippen LogP contribution in [0.1, 0.15) is 10.4 Å². The molecule has 0 spiro atoms. The lowest BCUT2D eigenvalue weighted by Gasteiger charge is -2.28. The van der Waals surface area contributed by atoms with Crippen LogP contribution in [0.4, 0.5) is 11.4 Å². The number of carboxylic acids is 1. The Hall–Kier alpha value is -2.15. The number of carbonyl (C=O) groups is 1. The number of nitrogens with zero attached hydrogens (tertiary/aromatic N) is 2. The average molecular weight is 252 g/mol. The lowest BCUT2D eigenvalue weighted by Crippen LogP contribution is -2.36.